The normalized spacial score (nSPS) is 14.8. The summed E-state index contributed by atoms with van der Waals surface area (Å²) >= 11 is 7.45. The minimum Gasteiger partial charge on any atom is -0.419 e. The van der Waals surface area contributed by atoms with Crippen LogP contribution in [0.3, 0.4) is 0 Å². The van der Waals surface area contributed by atoms with Crippen LogP contribution in [0.2, 0.25) is 5.02 Å². The monoisotopic (exact) mass is 442 g/mol. The van der Waals surface area contributed by atoms with E-state index in [9.17, 15) is 4.39 Å². The molecule has 152 valence electrons. The fourth-order valence-corrected chi connectivity index (χ4v) is 4.22. The van der Waals surface area contributed by atoms with Crippen LogP contribution < -0.4 is 0 Å². The average molecular weight is 443 g/mol. The second kappa shape index (κ2) is 7.81. The molecule has 4 aromatic rings. The van der Waals surface area contributed by atoms with Gasteiger partial charge in [0.2, 0.25) is 5.89 Å². The second-order valence-corrected chi connectivity index (χ2v) is 8.72. The van der Waals surface area contributed by atoms with Crippen molar-refractivity contribution in [3.8, 4) is 22.8 Å². The summed E-state index contributed by atoms with van der Waals surface area (Å²) in [4.78, 5) is 4.07. The Balaban J connectivity index is 1.41. The van der Waals surface area contributed by atoms with Crippen LogP contribution in [0.1, 0.15) is 36.9 Å². The van der Waals surface area contributed by atoms with E-state index in [1.807, 2.05) is 19.1 Å². The smallest absolute Gasteiger partial charge is 0.250 e. The lowest BCUT2D eigenvalue weighted by atomic mass is 10.2. The molecule has 0 spiro atoms. The molecule has 10 heteroatoms. The summed E-state index contributed by atoms with van der Waals surface area (Å²) in [5.41, 5.74) is 1.15. The molecule has 3 aromatic heterocycles. The zero-order chi connectivity index (χ0) is 20.7. The fraction of sp³-hybridized carbons (Fsp3) is 0.250. The molecule has 0 aliphatic heterocycles. The van der Waals surface area contributed by atoms with Crippen molar-refractivity contribution >= 4 is 23.4 Å². The number of benzene rings is 1. The quantitative estimate of drug-likeness (QED) is 0.371. The molecule has 1 fully saturated rings. The molecule has 1 saturated carbocycles. The van der Waals surface area contributed by atoms with Gasteiger partial charge >= 0.3 is 0 Å². The molecule has 5 rings (SSSR count). The molecule has 3 heterocycles. The van der Waals surface area contributed by atoms with Gasteiger partial charge in [0.1, 0.15) is 5.82 Å². The molecular formula is C20H16ClFN6OS. The highest BCUT2D eigenvalue weighted by atomic mass is 35.5. The first-order valence-electron chi connectivity index (χ1n) is 9.41. The molecule has 1 aliphatic rings. The van der Waals surface area contributed by atoms with Crippen molar-refractivity contribution in [1.29, 1.82) is 0 Å². The molecule has 0 N–H and O–H groups in total. The number of aromatic nitrogens is 6. The first-order chi connectivity index (χ1) is 14.6. The van der Waals surface area contributed by atoms with Crippen molar-refractivity contribution in [2.75, 3.05) is 0 Å². The third kappa shape index (κ3) is 3.70. The molecule has 0 radical (unpaired) electrons. The van der Waals surface area contributed by atoms with Gasteiger partial charge in [0.25, 0.3) is 5.89 Å². The lowest BCUT2D eigenvalue weighted by Crippen LogP contribution is -2.01. The van der Waals surface area contributed by atoms with Crippen LogP contribution in [0.5, 0.6) is 0 Å². The molecule has 0 amide bonds. The van der Waals surface area contributed by atoms with Crippen molar-refractivity contribution in [2.45, 2.75) is 36.2 Å². The first-order valence-corrected chi connectivity index (χ1v) is 10.7. The van der Waals surface area contributed by atoms with E-state index < -0.39 is 5.82 Å². The second-order valence-electron chi connectivity index (χ2n) is 6.97. The first kappa shape index (κ1) is 19.2. The van der Waals surface area contributed by atoms with E-state index in [-0.39, 0.29) is 16.7 Å². The minimum absolute atomic E-state index is 0.0959. The van der Waals surface area contributed by atoms with E-state index in [1.165, 1.54) is 30.0 Å². The Morgan fingerprint density at radius 3 is 2.70 bits per heavy atom. The Morgan fingerprint density at radius 1 is 1.13 bits per heavy atom. The maximum atomic E-state index is 14.1. The third-order valence-corrected chi connectivity index (χ3v) is 6.02. The van der Waals surface area contributed by atoms with Gasteiger partial charge in [0, 0.05) is 29.0 Å². The van der Waals surface area contributed by atoms with Gasteiger partial charge in [0.15, 0.2) is 11.0 Å². The molecule has 30 heavy (non-hydrogen) atoms. The van der Waals surface area contributed by atoms with Crippen molar-refractivity contribution in [1.82, 2.24) is 29.9 Å². The highest BCUT2D eigenvalue weighted by Crippen LogP contribution is 2.44. The number of rotatable bonds is 6. The van der Waals surface area contributed by atoms with Crippen LogP contribution in [0.25, 0.3) is 22.8 Å². The van der Waals surface area contributed by atoms with E-state index in [4.69, 9.17) is 16.0 Å². The summed E-state index contributed by atoms with van der Waals surface area (Å²) in [6.07, 6.45) is 5.67. The van der Waals surface area contributed by atoms with E-state index in [2.05, 4.69) is 29.9 Å². The summed E-state index contributed by atoms with van der Waals surface area (Å²) in [5.74, 6) is 0.830. The van der Waals surface area contributed by atoms with Gasteiger partial charge in [-0.25, -0.2) is 4.39 Å². The number of pyridine rings is 1. The zero-order valence-electron chi connectivity index (χ0n) is 15.9. The Hall–Kier alpha value is -2.78. The SMILES string of the molecule is CC(Sc1nnc(-c2ccncc2)n1C1CC1)c1nnc(-c2cc(Cl)ccc2F)o1. The summed E-state index contributed by atoms with van der Waals surface area (Å²) in [6.45, 7) is 1.94. The van der Waals surface area contributed by atoms with Crippen LogP contribution in [-0.2, 0) is 0 Å². The molecule has 0 saturated heterocycles. The van der Waals surface area contributed by atoms with Crippen LogP contribution in [0, 0.1) is 5.82 Å². The number of halogens is 2. The van der Waals surface area contributed by atoms with E-state index in [1.54, 1.807) is 12.4 Å². The van der Waals surface area contributed by atoms with Crippen molar-refractivity contribution in [3.05, 3.63) is 59.5 Å². The Kier molecular flexibility index (Phi) is 5.00. The molecular weight excluding hydrogens is 427 g/mol. The summed E-state index contributed by atoms with van der Waals surface area (Å²) in [7, 11) is 0. The van der Waals surface area contributed by atoms with Crippen molar-refractivity contribution in [3.63, 3.8) is 0 Å². The topological polar surface area (TPSA) is 82.5 Å². The van der Waals surface area contributed by atoms with Gasteiger partial charge in [0.05, 0.1) is 10.8 Å². The highest BCUT2D eigenvalue weighted by molar-refractivity contribution is 7.99. The summed E-state index contributed by atoms with van der Waals surface area (Å²) < 4.78 is 22.0. The maximum absolute atomic E-state index is 14.1. The fourth-order valence-electron chi connectivity index (χ4n) is 3.09. The van der Waals surface area contributed by atoms with Gasteiger partial charge < -0.3 is 4.42 Å². The van der Waals surface area contributed by atoms with Gasteiger partial charge in [-0.3, -0.25) is 9.55 Å². The standard InChI is InChI=1S/C20H16ClFN6OS/c1-11(18-25-26-19(29-18)15-10-13(21)2-5-16(15)22)30-20-27-24-17(28(20)14-3-4-14)12-6-8-23-9-7-12/h2,5-11,14H,3-4H2,1H3. The minimum atomic E-state index is -0.467. The van der Waals surface area contributed by atoms with Gasteiger partial charge in [-0.2, -0.15) is 0 Å². The number of hydrogen-bond acceptors (Lipinski definition) is 7. The molecule has 1 atom stereocenters. The maximum Gasteiger partial charge on any atom is 0.250 e. The van der Waals surface area contributed by atoms with Gasteiger partial charge in [-0.15, -0.1) is 20.4 Å². The molecule has 7 nitrogen and oxygen atoms in total. The number of nitrogens with zero attached hydrogens (tertiary/aromatic N) is 6. The third-order valence-electron chi connectivity index (χ3n) is 4.74. The summed E-state index contributed by atoms with van der Waals surface area (Å²) in [6, 6.07) is 8.45. The molecule has 1 aliphatic carbocycles. The van der Waals surface area contributed by atoms with Gasteiger partial charge in [-0.1, -0.05) is 23.4 Å². The largest absolute Gasteiger partial charge is 0.419 e. The average Bonchev–Trinajstić information content (AvgIpc) is 3.31. The van der Waals surface area contributed by atoms with Crippen molar-refractivity contribution in [2.24, 2.45) is 0 Å². The van der Waals surface area contributed by atoms with Crippen LogP contribution >= 0.6 is 23.4 Å². The number of thioether (sulfide) groups is 1. The lowest BCUT2D eigenvalue weighted by molar-refractivity contribution is 0.504. The van der Waals surface area contributed by atoms with Crippen molar-refractivity contribution < 1.29 is 8.81 Å². The predicted molar refractivity (Wildman–Crippen MR) is 110 cm³/mol. The van der Waals surface area contributed by atoms with Gasteiger partial charge in [-0.05, 0) is 50.1 Å². The lowest BCUT2D eigenvalue weighted by Gasteiger charge is -2.10. The highest BCUT2D eigenvalue weighted by Gasteiger charge is 2.31. The molecule has 1 unspecified atom stereocenters. The Bertz CT molecular complexity index is 1190. The summed E-state index contributed by atoms with van der Waals surface area (Å²) in [5, 5.41) is 17.9. The van der Waals surface area contributed by atoms with Crippen LogP contribution in [-0.4, -0.2) is 29.9 Å². The Labute approximate surface area is 180 Å². The molecule has 0 bridgehead atoms. The van der Waals surface area contributed by atoms with Crippen LogP contribution in [0.4, 0.5) is 4.39 Å². The van der Waals surface area contributed by atoms with E-state index >= 15 is 0 Å². The Morgan fingerprint density at radius 2 is 1.93 bits per heavy atom. The zero-order valence-corrected chi connectivity index (χ0v) is 17.4. The van der Waals surface area contributed by atoms with E-state index in [0.29, 0.717) is 17.0 Å². The number of hydrogen-bond donors (Lipinski definition) is 0. The van der Waals surface area contributed by atoms with E-state index in [0.717, 1.165) is 29.4 Å². The van der Waals surface area contributed by atoms with Crippen LogP contribution in [0.15, 0.2) is 52.3 Å². The predicted octanol–water partition coefficient (Wildman–Crippen LogP) is 5.37. The molecule has 1 aromatic carbocycles.